The largest absolute Gasteiger partial charge is 0.493 e. The van der Waals surface area contributed by atoms with Crippen LogP contribution in [-0.2, 0) is 21.0 Å². The second kappa shape index (κ2) is 17.6. The molecule has 1 aromatic heterocycles. The SMILES string of the molecule is CCC(=O)SCC(C)C(=O)N1CCC[C@H]1C(=O)Nc1nc(N2CCN(C(=O)c3ccc(OCc4ccccc4)cc3)CC2)nc2cc(OC)c(OC)cc12. The highest BCUT2D eigenvalue weighted by Crippen LogP contribution is 2.36. The van der Waals surface area contributed by atoms with Crippen molar-refractivity contribution in [2.45, 2.75) is 45.8 Å². The van der Waals surface area contributed by atoms with Gasteiger partial charge in [0.25, 0.3) is 5.91 Å². The molecule has 0 bridgehead atoms. The molecule has 2 saturated heterocycles. The van der Waals surface area contributed by atoms with E-state index in [9.17, 15) is 19.2 Å². The summed E-state index contributed by atoms with van der Waals surface area (Å²) in [5.74, 6) is 1.67. The maximum absolute atomic E-state index is 13.9. The van der Waals surface area contributed by atoms with Gasteiger partial charge < -0.3 is 34.2 Å². The van der Waals surface area contributed by atoms with Gasteiger partial charge in [0, 0.05) is 67.8 Å². The maximum atomic E-state index is 13.9. The van der Waals surface area contributed by atoms with E-state index in [-0.39, 0.29) is 28.7 Å². The average molecular weight is 755 g/mol. The van der Waals surface area contributed by atoms with E-state index >= 15 is 0 Å². The monoisotopic (exact) mass is 754 g/mol. The molecule has 2 atom stereocenters. The van der Waals surface area contributed by atoms with Crippen LogP contribution in [0.5, 0.6) is 17.2 Å². The fraction of sp³-hybridized carbons (Fsp3) is 0.400. The van der Waals surface area contributed by atoms with Crippen molar-refractivity contribution in [1.82, 2.24) is 19.8 Å². The zero-order valence-electron chi connectivity index (χ0n) is 31.1. The Hall–Kier alpha value is -5.37. The Bertz CT molecular complexity index is 1970. The first kappa shape index (κ1) is 38.4. The van der Waals surface area contributed by atoms with Crippen LogP contribution in [0.3, 0.4) is 0 Å². The lowest BCUT2D eigenvalue weighted by molar-refractivity contribution is -0.139. The van der Waals surface area contributed by atoms with Gasteiger partial charge in [-0.15, -0.1) is 0 Å². The van der Waals surface area contributed by atoms with Crippen LogP contribution in [0.4, 0.5) is 11.8 Å². The van der Waals surface area contributed by atoms with Gasteiger partial charge in [-0.25, -0.2) is 4.98 Å². The fourth-order valence-corrected chi connectivity index (χ4v) is 7.37. The van der Waals surface area contributed by atoms with Crippen LogP contribution in [0.2, 0.25) is 0 Å². The van der Waals surface area contributed by atoms with Gasteiger partial charge in [-0.2, -0.15) is 4.98 Å². The Labute approximate surface area is 319 Å². The van der Waals surface area contributed by atoms with Gasteiger partial charge in [-0.05, 0) is 48.7 Å². The topological polar surface area (TPSA) is 143 Å². The van der Waals surface area contributed by atoms with E-state index in [2.05, 4.69) is 5.32 Å². The van der Waals surface area contributed by atoms with Gasteiger partial charge in [0.15, 0.2) is 16.6 Å². The van der Waals surface area contributed by atoms with Gasteiger partial charge in [-0.1, -0.05) is 55.9 Å². The van der Waals surface area contributed by atoms with Crippen molar-refractivity contribution in [1.29, 1.82) is 0 Å². The number of ether oxygens (including phenoxy) is 3. The number of thioether (sulfide) groups is 1. The molecule has 1 unspecified atom stereocenters. The number of rotatable bonds is 13. The van der Waals surface area contributed by atoms with Crippen LogP contribution in [0.25, 0.3) is 10.9 Å². The predicted octanol–water partition coefficient (Wildman–Crippen LogP) is 5.42. The van der Waals surface area contributed by atoms with E-state index in [4.69, 9.17) is 24.2 Å². The molecule has 0 radical (unpaired) electrons. The number of hydrogen-bond donors (Lipinski definition) is 1. The van der Waals surface area contributed by atoms with Crippen LogP contribution in [-0.4, -0.2) is 101 Å². The van der Waals surface area contributed by atoms with Crippen molar-refractivity contribution in [3.05, 3.63) is 77.9 Å². The molecule has 6 rings (SSSR count). The zero-order valence-corrected chi connectivity index (χ0v) is 31.9. The number of anilines is 2. The summed E-state index contributed by atoms with van der Waals surface area (Å²) in [6.45, 7) is 6.32. The standard InChI is InChI=1S/C40H46N6O7S/c1-5-35(47)54-25-26(2)38(49)46-17-9-12-32(46)37(48)42-36-30-22-33(51-3)34(52-4)23-31(30)41-40(43-36)45-20-18-44(19-21-45)39(50)28-13-15-29(16-14-28)53-24-27-10-7-6-8-11-27/h6-8,10-11,13-16,22-23,26,32H,5,9,12,17-21,24-25H2,1-4H3,(H,41,42,43,48)/t26?,32-/m0/s1. The van der Waals surface area contributed by atoms with Crippen molar-refractivity contribution < 1.29 is 33.4 Å². The number of carbonyl (C=O) groups is 4. The summed E-state index contributed by atoms with van der Waals surface area (Å²) in [7, 11) is 3.07. The lowest BCUT2D eigenvalue weighted by Crippen LogP contribution is -2.49. The van der Waals surface area contributed by atoms with Gasteiger partial charge in [0.1, 0.15) is 24.2 Å². The number of nitrogens with zero attached hydrogens (tertiary/aromatic N) is 5. The minimum Gasteiger partial charge on any atom is -0.493 e. The van der Waals surface area contributed by atoms with Crippen LogP contribution in [0.1, 0.15) is 49.0 Å². The third-order valence-electron chi connectivity index (χ3n) is 9.67. The smallest absolute Gasteiger partial charge is 0.253 e. The molecule has 3 amide bonds. The van der Waals surface area contributed by atoms with Gasteiger partial charge in [-0.3, -0.25) is 19.2 Å². The Kier molecular flexibility index (Phi) is 12.5. The molecule has 3 aromatic carbocycles. The number of piperazine rings is 1. The van der Waals surface area contributed by atoms with Crippen LogP contribution in [0.15, 0.2) is 66.7 Å². The molecule has 0 spiro atoms. The van der Waals surface area contributed by atoms with E-state index < -0.39 is 12.0 Å². The average Bonchev–Trinajstić information content (AvgIpc) is 3.72. The number of aromatic nitrogens is 2. The Morgan fingerprint density at radius 2 is 1.61 bits per heavy atom. The number of methoxy groups -OCH3 is 2. The quantitative estimate of drug-likeness (QED) is 0.187. The third kappa shape index (κ3) is 8.87. The number of fused-ring (bicyclic) bond motifs is 1. The van der Waals surface area contributed by atoms with Crippen molar-refractivity contribution in [2.24, 2.45) is 5.92 Å². The number of hydrogen-bond acceptors (Lipinski definition) is 11. The van der Waals surface area contributed by atoms with E-state index in [0.717, 1.165) is 17.3 Å². The van der Waals surface area contributed by atoms with Crippen molar-refractivity contribution >= 4 is 57.3 Å². The predicted molar refractivity (Wildman–Crippen MR) is 208 cm³/mol. The summed E-state index contributed by atoms with van der Waals surface area (Å²) in [4.78, 5) is 67.7. The zero-order chi connectivity index (χ0) is 38.2. The molecule has 0 aliphatic carbocycles. The normalized spacial score (nSPS) is 16.2. The molecular formula is C40H46N6O7S. The highest BCUT2D eigenvalue weighted by atomic mass is 32.2. The summed E-state index contributed by atoms with van der Waals surface area (Å²) in [6, 6.07) is 19.9. The van der Waals surface area contributed by atoms with Gasteiger partial charge >= 0.3 is 0 Å². The molecule has 2 aliphatic heterocycles. The maximum Gasteiger partial charge on any atom is 0.253 e. The first-order chi connectivity index (χ1) is 26.2. The third-order valence-corrected chi connectivity index (χ3v) is 11.0. The second-order valence-corrected chi connectivity index (χ2v) is 14.4. The summed E-state index contributed by atoms with van der Waals surface area (Å²) >= 11 is 1.15. The first-order valence-corrected chi connectivity index (χ1v) is 19.2. The lowest BCUT2D eigenvalue weighted by atomic mass is 10.1. The molecule has 14 heteroatoms. The molecular weight excluding hydrogens is 709 g/mol. The molecule has 4 aromatic rings. The molecule has 13 nitrogen and oxygen atoms in total. The van der Waals surface area contributed by atoms with E-state index in [1.807, 2.05) is 47.4 Å². The van der Waals surface area contributed by atoms with Gasteiger partial charge in [0.05, 0.1) is 19.7 Å². The highest BCUT2D eigenvalue weighted by molar-refractivity contribution is 8.13. The molecule has 284 valence electrons. The summed E-state index contributed by atoms with van der Waals surface area (Å²) < 4.78 is 17.0. The number of amides is 3. The van der Waals surface area contributed by atoms with Crippen LogP contribution >= 0.6 is 11.8 Å². The molecule has 2 fully saturated rings. The van der Waals surface area contributed by atoms with E-state index in [0.29, 0.717) is 104 Å². The molecule has 2 aliphatic rings. The van der Waals surface area contributed by atoms with E-state index in [1.54, 1.807) is 55.0 Å². The van der Waals surface area contributed by atoms with Crippen molar-refractivity contribution in [2.75, 3.05) is 62.9 Å². The van der Waals surface area contributed by atoms with E-state index in [1.165, 1.54) is 7.11 Å². The number of nitrogens with one attached hydrogen (secondary N) is 1. The van der Waals surface area contributed by atoms with Gasteiger partial charge in [0.2, 0.25) is 17.8 Å². The first-order valence-electron chi connectivity index (χ1n) is 18.2. The Morgan fingerprint density at radius 1 is 0.907 bits per heavy atom. The number of benzene rings is 3. The molecule has 3 heterocycles. The number of carbonyl (C=O) groups excluding carboxylic acids is 4. The summed E-state index contributed by atoms with van der Waals surface area (Å²) in [5, 5.41) is 3.59. The van der Waals surface area contributed by atoms with Crippen molar-refractivity contribution in [3.63, 3.8) is 0 Å². The van der Waals surface area contributed by atoms with Crippen LogP contribution in [0, 0.1) is 5.92 Å². The molecule has 1 N–H and O–H groups in total. The minimum absolute atomic E-state index is 0.0347. The molecule has 54 heavy (non-hydrogen) atoms. The Morgan fingerprint density at radius 3 is 2.30 bits per heavy atom. The lowest BCUT2D eigenvalue weighted by Gasteiger charge is -2.35. The number of likely N-dealkylation sites (tertiary alicyclic amines) is 1. The van der Waals surface area contributed by atoms with Crippen molar-refractivity contribution in [3.8, 4) is 17.2 Å². The summed E-state index contributed by atoms with van der Waals surface area (Å²) in [5.41, 5.74) is 2.17. The Balaban J connectivity index is 1.16. The minimum atomic E-state index is -0.681. The van der Waals surface area contributed by atoms with Crippen LogP contribution < -0.4 is 24.4 Å². The molecule has 0 saturated carbocycles. The highest BCUT2D eigenvalue weighted by Gasteiger charge is 2.37. The summed E-state index contributed by atoms with van der Waals surface area (Å²) in [6.07, 6.45) is 1.60. The fourth-order valence-electron chi connectivity index (χ4n) is 6.58. The second-order valence-electron chi connectivity index (χ2n) is 13.3.